The van der Waals surface area contributed by atoms with Gasteiger partial charge in [-0.3, -0.25) is 4.79 Å². The van der Waals surface area contributed by atoms with Crippen molar-refractivity contribution in [1.82, 2.24) is 4.90 Å². The fourth-order valence-electron chi connectivity index (χ4n) is 1.87. The van der Waals surface area contributed by atoms with Gasteiger partial charge in [-0.25, -0.2) is 4.79 Å². The van der Waals surface area contributed by atoms with Gasteiger partial charge in [0, 0.05) is 11.7 Å². The van der Waals surface area contributed by atoms with Crippen LogP contribution in [0.1, 0.15) is 19.8 Å². The molecule has 1 aromatic rings. The van der Waals surface area contributed by atoms with Gasteiger partial charge in [-0.05, 0) is 38.0 Å². The van der Waals surface area contributed by atoms with Gasteiger partial charge in [0.15, 0.2) is 0 Å². The normalized spacial score (nSPS) is 13.7. The lowest BCUT2D eigenvalue weighted by molar-refractivity contribution is -0.143. The van der Waals surface area contributed by atoms with Gasteiger partial charge in [0.05, 0.1) is 16.7 Å². The summed E-state index contributed by atoms with van der Waals surface area (Å²) in [5, 5.41) is 3.49. The molecule has 1 aliphatic carbocycles. The van der Waals surface area contributed by atoms with Crippen LogP contribution in [0.5, 0.6) is 0 Å². The molecule has 21 heavy (non-hydrogen) atoms. The molecule has 1 saturated carbocycles. The predicted molar refractivity (Wildman–Crippen MR) is 81.8 cm³/mol. The van der Waals surface area contributed by atoms with Crippen LogP contribution in [0.4, 0.5) is 10.5 Å². The Morgan fingerprint density at radius 3 is 2.62 bits per heavy atom. The molecule has 0 aromatic heterocycles. The summed E-state index contributed by atoms with van der Waals surface area (Å²) in [4.78, 5) is 25.3. The van der Waals surface area contributed by atoms with Crippen molar-refractivity contribution in [2.24, 2.45) is 0 Å². The van der Waals surface area contributed by atoms with E-state index in [9.17, 15) is 9.59 Å². The number of anilines is 1. The molecule has 0 aliphatic heterocycles. The highest BCUT2D eigenvalue weighted by Crippen LogP contribution is 2.28. The SMILES string of the molecule is CCOC(=O)CN(C(=O)Nc1ccc(Cl)c(Cl)c1)C1CC1. The van der Waals surface area contributed by atoms with Crippen LogP contribution in [0.2, 0.25) is 10.0 Å². The van der Waals surface area contributed by atoms with E-state index in [1.165, 1.54) is 4.90 Å². The van der Waals surface area contributed by atoms with E-state index in [0.717, 1.165) is 12.8 Å². The topological polar surface area (TPSA) is 58.6 Å². The number of carbonyl (C=O) groups is 2. The third-order valence-corrected chi connectivity index (χ3v) is 3.76. The number of rotatable bonds is 5. The van der Waals surface area contributed by atoms with Crippen molar-refractivity contribution in [3.05, 3.63) is 28.2 Å². The number of carbonyl (C=O) groups excluding carboxylic acids is 2. The van der Waals surface area contributed by atoms with Gasteiger partial charge in [0.2, 0.25) is 0 Å². The zero-order valence-corrected chi connectivity index (χ0v) is 13.1. The number of benzene rings is 1. The van der Waals surface area contributed by atoms with Crippen molar-refractivity contribution in [3.63, 3.8) is 0 Å². The Kier molecular flexibility index (Phi) is 5.31. The van der Waals surface area contributed by atoms with Crippen LogP contribution >= 0.6 is 23.2 Å². The maximum Gasteiger partial charge on any atom is 0.325 e. The fourth-order valence-corrected chi connectivity index (χ4v) is 2.17. The van der Waals surface area contributed by atoms with Gasteiger partial charge in [-0.15, -0.1) is 0 Å². The molecule has 1 fully saturated rings. The van der Waals surface area contributed by atoms with Crippen molar-refractivity contribution in [2.75, 3.05) is 18.5 Å². The van der Waals surface area contributed by atoms with E-state index in [1.54, 1.807) is 25.1 Å². The van der Waals surface area contributed by atoms with E-state index in [4.69, 9.17) is 27.9 Å². The summed E-state index contributed by atoms with van der Waals surface area (Å²) in [6, 6.07) is 4.58. The molecule has 0 saturated heterocycles. The predicted octanol–water partition coefficient (Wildman–Crippen LogP) is 3.55. The van der Waals surface area contributed by atoms with Crippen LogP contribution in [0.25, 0.3) is 0 Å². The monoisotopic (exact) mass is 330 g/mol. The Bertz CT molecular complexity index is 547. The number of ether oxygens (including phenoxy) is 1. The average Bonchev–Trinajstić information content (AvgIpc) is 3.25. The number of nitrogens with one attached hydrogen (secondary N) is 1. The van der Waals surface area contributed by atoms with Gasteiger partial charge >= 0.3 is 12.0 Å². The Balaban J connectivity index is 2.01. The molecule has 114 valence electrons. The summed E-state index contributed by atoms with van der Waals surface area (Å²) in [6.45, 7) is 1.98. The minimum atomic E-state index is -0.409. The number of hydrogen-bond donors (Lipinski definition) is 1. The van der Waals surface area contributed by atoms with E-state index >= 15 is 0 Å². The second-order valence-electron chi connectivity index (χ2n) is 4.72. The van der Waals surface area contributed by atoms with Gasteiger partial charge < -0.3 is 15.0 Å². The summed E-state index contributed by atoms with van der Waals surface area (Å²) in [5.41, 5.74) is 0.531. The number of nitrogens with zero attached hydrogens (tertiary/aromatic N) is 1. The molecule has 0 bridgehead atoms. The Morgan fingerprint density at radius 2 is 2.05 bits per heavy atom. The van der Waals surface area contributed by atoms with Crippen molar-refractivity contribution < 1.29 is 14.3 Å². The first-order chi connectivity index (χ1) is 10.0. The quantitative estimate of drug-likeness (QED) is 0.840. The maximum absolute atomic E-state index is 12.3. The molecule has 0 radical (unpaired) electrons. The lowest BCUT2D eigenvalue weighted by atomic mass is 10.3. The molecule has 2 rings (SSSR count). The molecule has 5 nitrogen and oxygen atoms in total. The highest BCUT2D eigenvalue weighted by atomic mass is 35.5. The van der Waals surface area contributed by atoms with Gasteiger partial charge in [-0.2, -0.15) is 0 Å². The third-order valence-electron chi connectivity index (χ3n) is 3.02. The summed E-state index contributed by atoms with van der Waals surface area (Å²) in [6.07, 6.45) is 1.79. The first-order valence-corrected chi connectivity index (χ1v) is 7.45. The highest BCUT2D eigenvalue weighted by Gasteiger charge is 2.34. The van der Waals surface area contributed by atoms with E-state index < -0.39 is 5.97 Å². The largest absolute Gasteiger partial charge is 0.465 e. The van der Waals surface area contributed by atoms with E-state index in [1.807, 2.05) is 0 Å². The minimum Gasteiger partial charge on any atom is -0.465 e. The van der Waals surface area contributed by atoms with E-state index in [2.05, 4.69) is 5.32 Å². The molecule has 0 heterocycles. The first kappa shape index (κ1) is 15.9. The molecule has 1 aromatic carbocycles. The Hall–Kier alpha value is -1.46. The van der Waals surface area contributed by atoms with Gasteiger partial charge in [0.25, 0.3) is 0 Å². The lowest BCUT2D eigenvalue weighted by Crippen LogP contribution is -2.40. The second-order valence-corrected chi connectivity index (χ2v) is 5.54. The third kappa shape index (κ3) is 4.51. The van der Waals surface area contributed by atoms with Crippen LogP contribution in [-0.4, -0.2) is 36.1 Å². The minimum absolute atomic E-state index is 0.0499. The van der Waals surface area contributed by atoms with Crippen LogP contribution in [0.15, 0.2) is 18.2 Å². The van der Waals surface area contributed by atoms with Crippen molar-refractivity contribution in [3.8, 4) is 0 Å². The molecule has 0 unspecified atom stereocenters. The van der Waals surface area contributed by atoms with Gasteiger partial charge in [0.1, 0.15) is 6.54 Å². The molecule has 7 heteroatoms. The zero-order chi connectivity index (χ0) is 15.4. The lowest BCUT2D eigenvalue weighted by Gasteiger charge is -2.21. The highest BCUT2D eigenvalue weighted by molar-refractivity contribution is 6.42. The summed E-state index contributed by atoms with van der Waals surface area (Å²) < 4.78 is 4.89. The average molecular weight is 331 g/mol. The number of amides is 2. The van der Waals surface area contributed by atoms with Crippen LogP contribution in [0, 0.1) is 0 Å². The summed E-state index contributed by atoms with van der Waals surface area (Å²) >= 11 is 11.7. The number of esters is 1. The molecule has 1 N–H and O–H groups in total. The maximum atomic E-state index is 12.3. The molecular weight excluding hydrogens is 315 g/mol. The summed E-state index contributed by atoms with van der Waals surface area (Å²) in [5.74, 6) is -0.409. The standard InChI is InChI=1S/C14H16Cl2N2O3/c1-2-21-13(19)8-18(10-4-5-10)14(20)17-9-3-6-11(15)12(16)7-9/h3,6-7,10H,2,4-5,8H2,1H3,(H,17,20). The Labute approximate surface area is 133 Å². The van der Waals surface area contributed by atoms with Crippen molar-refractivity contribution in [1.29, 1.82) is 0 Å². The van der Waals surface area contributed by atoms with E-state index in [-0.39, 0.29) is 18.6 Å². The molecule has 0 spiro atoms. The van der Waals surface area contributed by atoms with Gasteiger partial charge in [-0.1, -0.05) is 23.2 Å². The molecule has 1 aliphatic rings. The number of hydrogen-bond acceptors (Lipinski definition) is 3. The molecule has 0 atom stereocenters. The first-order valence-electron chi connectivity index (χ1n) is 6.69. The molecular formula is C14H16Cl2N2O3. The Morgan fingerprint density at radius 1 is 1.33 bits per heavy atom. The van der Waals surface area contributed by atoms with Crippen LogP contribution in [0.3, 0.4) is 0 Å². The smallest absolute Gasteiger partial charge is 0.325 e. The number of halogens is 2. The summed E-state index contributed by atoms with van der Waals surface area (Å²) in [7, 11) is 0. The molecule has 2 amide bonds. The number of urea groups is 1. The van der Waals surface area contributed by atoms with Crippen molar-refractivity contribution >= 4 is 40.9 Å². The van der Waals surface area contributed by atoms with Crippen LogP contribution < -0.4 is 5.32 Å². The second kappa shape index (κ2) is 7.00. The zero-order valence-electron chi connectivity index (χ0n) is 11.6. The van der Waals surface area contributed by atoms with Crippen molar-refractivity contribution in [2.45, 2.75) is 25.8 Å². The van der Waals surface area contributed by atoms with E-state index in [0.29, 0.717) is 22.3 Å². The van der Waals surface area contributed by atoms with Crippen LogP contribution in [-0.2, 0) is 9.53 Å². The fraction of sp³-hybridized carbons (Fsp3) is 0.429.